The third-order valence-electron chi connectivity index (χ3n) is 5.38. The topological polar surface area (TPSA) is 76.4 Å². The number of carbonyl (C=O) groups is 1. The maximum absolute atomic E-state index is 13.3. The van der Waals surface area contributed by atoms with Crippen molar-refractivity contribution < 1.29 is 18.3 Å². The molecule has 36 heavy (non-hydrogen) atoms. The number of amides is 1. The molecule has 0 saturated heterocycles. The normalized spacial score (nSPS) is 15.3. The number of unbranched alkanes of at least 4 members (excludes halogenated alkanes) is 1. The average Bonchev–Trinajstić information content (AvgIpc) is 3.70. The average molecular weight is 522 g/mol. The minimum atomic E-state index is -2.62. The summed E-state index contributed by atoms with van der Waals surface area (Å²) in [6.45, 7) is 9.89. The summed E-state index contributed by atoms with van der Waals surface area (Å²) in [6.07, 6.45) is 6.15. The molecule has 0 aliphatic heterocycles. The third-order valence-corrected chi connectivity index (χ3v) is 6.43. The summed E-state index contributed by atoms with van der Waals surface area (Å²) < 4.78 is 32.0. The molecule has 2 atom stereocenters. The molecule has 5 nitrogen and oxygen atoms in total. The highest BCUT2D eigenvalue weighted by atomic mass is 32.2. The predicted molar refractivity (Wildman–Crippen MR) is 147 cm³/mol. The molecule has 0 bridgehead atoms. The lowest BCUT2D eigenvalue weighted by molar-refractivity contribution is -0.117. The van der Waals surface area contributed by atoms with E-state index in [4.69, 9.17) is 10.6 Å². The van der Waals surface area contributed by atoms with Crippen molar-refractivity contribution in [3.8, 4) is 17.6 Å². The maximum Gasteiger partial charge on any atom is 0.263 e. The van der Waals surface area contributed by atoms with Gasteiger partial charge in [0.1, 0.15) is 11.1 Å². The van der Waals surface area contributed by atoms with E-state index < -0.39 is 6.43 Å². The Labute approximate surface area is 219 Å². The van der Waals surface area contributed by atoms with Crippen LogP contribution in [-0.2, 0) is 4.79 Å². The molecule has 0 spiro atoms. The van der Waals surface area contributed by atoms with Gasteiger partial charge in [-0.2, -0.15) is 0 Å². The summed E-state index contributed by atoms with van der Waals surface area (Å²) in [6, 6.07) is 4.22. The zero-order valence-corrected chi connectivity index (χ0v) is 23.1. The zero-order valence-electron chi connectivity index (χ0n) is 22.3. The quantitative estimate of drug-likeness (QED) is 0.0766. The standard InChI is InChI=1S/C24H31F2N3O2S.C4H10/c1-5-7-19(18(6-2)20-14-17(23(25)26)11-12-21(20)31-4)24(30)28-15(3)32-22(29-27)13-10-16-8-9-16;1-3-4-2/h5,7,11-12,14-16,22-23,29H,6,8-9,27H2,1-4H3,(H,28,30);3-4H2,1-2H3/b7-5-,19-18-;. The number of carbonyl (C=O) groups excluding carboxylic acids is 1. The van der Waals surface area contributed by atoms with E-state index in [1.807, 2.05) is 13.8 Å². The SMILES string of the molecule is C/C=C\C(C(=O)NC(C)SC(C#CC1CC1)NN)=C(/CC)c1cc(C(F)F)ccc1OC.CCCC. The highest BCUT2D eigenvalue weighted by molar-refractivity contribution is 8.00. The Kier molecular flexibility index (Phi) is 15.1. The van der Waals surface area contributed by atoms with Crippen LogP contribution in [0.1, 0.15) is 84.3 Å². The smallest absolute Gasteiger partial charge is 0.263 e. The molecular weight excluding hydrogens is 480 g/mol. The van der Waals surface area contributed by atoms with E-state index in [-0.39, 0.29) is 22.2 Å². The fourth-order valence-electron chi connectivity index (χ4n) is 3.14. The predicted octanol–water partition coefficient (Wildman–Crippen LogP) is 6.58. The highest BCUT2D eigenvalue weighted by Crippen LogP contribution is 2.35. The van der Waals surface area contributed by atoms with E-state index in [1.54, 1.807) is 19.1 Å². The Hall–Kier alpha value is -2.34. The van der Waals surface area contributed by atoms with E-state index in [0.29, 0.717) is 34.8 Å². The van der Waals surface area contributed by atoms with Gasteiger partial charge in [-0.3, -0.25) is 10.6 Å². The molecule has 8 heteroatoms. The van der Waals surface area contributed by atoms with Crippen LogP contribution in [0.5, 0.6) is 5.75 Å². The summed E-state index contributed by atoms with van der Waals surface area (Å²) in [5.74, 6) is 12.4. The number of hydrogen-bond donors (Lipinski definition) is 3. The van der Waals surface area contributed by atoms with Crippen LogP contribution in [-0.4, -0.2) is 23.8 Å². The van der Waals surface area contributed by atoms with Gasteiger partial charge in [-0.25, -0.2) is 14.2 Å². The lowest BCUT2D eigenvalue weighted by Gasteiger charge is -2.20. The Bertz CT molecular complexity index is 948. The first kappa shape index (κ1) is 31.7. The first-order chi connectivity index (χ1) is 17.3. The van der Waals surface area contributed by atoms with E-state index >= 15 is 0 Å². The van der Waals surface area contributed by atoms with Crippen molar-refractivity contribution in [3.05, 3.63) is 47.1 Å². The lowest BCUT2D eigenvalue weighted by Crippen LogP contribution is -2.38. The number of halogens is 2. The molecule has 0 heterocycles. The number of hydrogen-bond acceptors (Lipinski definition) is 5. The first-order valence-electron chi connectivity index (χ1n) is 12.5. The Morgan fingerprint density at radius 2 is 1.94 bits per heavy atom. The van der Waals surface area contributed by atoms with Crippen molar-refractivity contribution in [1.82, 2.24) is 10.7 Å². The van der Waals surface area contributed by atoms with Crippen molar-refractivity contribution >= 4 is 23.2 Å². The van der Waals surface area contributed by atoms with Crippen LogP contribution in [0.3, 0.4) is 0 Å². The van der Waals surface area contributed by atoms with Crippen LogP contribution in [0.15, 0.2) is 35.9 Å². The van der Waals surface area contributed by atoms with Gasteiger partial charge in [0.05, 0.1) is 12.5 Å². The molecule has 1 aliphatic carbocycles. The number of nitrogens with one attached hydrogen (secondary N) is 2. The monoisotopic (exact) mass is 521 g/mol. The Morgan fingerprint density at radius 3 is 2.42 bits per heavy atom. The number of nitrogens with two attached hydrogens (primary N) is 1. The van der Waals surface area contributed by atoms with Crippen molar-refractivity contribution in [3.63, 3.8) is 0 Å². The molecule has 2 rings (SSSR count). The first-order valence-corrected chi connectivity index (χ1v) is 13.5. The van der Waals surface area contributed by atoms with Gasteiger partial charge in [0.25, 0.3) is 12.3 Å². The molecule has 1 amide bonds. The number of alkyl halides is 2. The maximum atomic E-state index is 13.3. The molecule has 1 fully saturated rings. The molecule has 200 valence electrons. The number of hydrazine groups is 1. The second kappa shape index (κ2) is 17.2. The van der Waals surface area contributed by atoms with Gasteiger partial charge >= 0.3 is 0 Å². The molecule has 1 saturated carbocycles. The number of thioether (sulfide) groups is 1. The molecule has 2 unspecified atom stereocenters. The minimum Gasteiger partial charge on any atom is -0.496 e. The summed E-state index contributed by atoms with van der Waals surface area (Å²) in [4.78, 5) is 13.2. The molecule has 4 N–H and O–H groups in total. The van der Waals surface area contributed by atoms with Crippen LogP contribution in [0.25, 0.3) is 5.57 Å². The molecule has 0 radical (unpaired) electrons. The van der Waals surface area contributed by atoms with Crippen molar-refractivity contribution in [2.75, 3.05) is 7.11 Å². The number of benzene rings is 1. The fourth-order valence-corrected chi connectivity index (χ4v) is 3.94. The second-order valence-corrected chi connectivity index (χ2v) is 9.82. The summed E-state index contributed by atoms with van der Waals surface area (Å²) in [5.41, 5.74) is 4.04. The lowest BCUT2D eigenvalue weighted by atomic mass is 9.94. The van der Waals surface area contributed by atoms with Crippen LogP contribution in [0.4, 0.5) is 8.78 Å². The second-order valence-electron chi connectivity index (χ2n) is 8.37. The van der Waals surface area contributed by atoms with Crippen molar-refractivity contribution in [2.24, 2.45) is 11.8 Å². The zero-order chi connectivity index (χ0) is 27.1. The largest absolute Gasteiger partial charge is 0.496 e. The summed E-state index contributed by atoms with van der Waals surface area (Å²) in [5, 5.41) is 2.36. The van der Waals surface area contributed by atoms with E-state index in [1.165, 1.54) is 49.9 Å². The molecular formula is C28H41F2N3O2S. The van der Waals surface area contributed by atoms with Gasteiger partial charge in [0, 0.05) is 22.6 Å². The van der Waals surface area contributed by atoms with Crippen molar-refractivity contribution in [2.45, 2.75) is 83.9 Å². The number of methoxy groups -OCH3 is 1. The number of ether oxygens (including phenoxy) is 1. The molecule has 1 aliphatic rings. The molecule has 1 aromatic carbocycles. The van der Waals surface area contributed by atoms with Crippen LogP contribution >= 0.6 is 11.8 Å². The fraction of sp³-hybridized carbons (Fsp3) is 0.536. The highest BCUT2D eigenvalue weighted by Gasteiger charge is 2.22. The van der Waals surface area contributed by atoms with Crippen LogP contribution in [0.2, 0.25) is 0 Å². The third kappa shape index (κ3) is 10.7. The van der Waals surface area contributed by atoms with Gasteiger partial charge in [-0.05, 0) is 56.9 Å². The van der Waals surface area contributed by atoms with E-state index in [0.717, 1.165) is 12.8 Å². The van der Waals surface area contributed by atoms with Gasteiger partial charge in [0.15, 0.2) is 0 Å². The number of rotatable bonds is 11. The number of allylic oxidation sites excluding steroid dienone is 2. The van der Waals surface area contributed by atoms with Gasteiger partial charge < -0.3 is 10.1 Å². The summed E-state index contributed by atoms with van der Waals surface area (Å²) in [7, 11) is 1.48. The Morgan fingerprint density at radius 1 is 1.28 bits per heavy atom. The van der Waals surface area contributed by atoms with Crippen LogP contribution in [0, 0.1) is 17.8 Å². The van der Waals surface area contributed by atoms with E-state index in [9.17, 15) is 13.6 Å². The van der Waals surface area contributed by atoms with E-state index in [2.05, 4.69) is 36.4 Å². The van der Waals surface area contributed by atoms with Crippen LogP contribution < -0.4 is 21.3 Å². The van der Waals surface area contributed by atoms with Gasteiger partial charge in [-0.15, -0.1) is 11.8 Å². The molecule has 1 aromatic rings. The minimum absolute atomic E-state index is 0.123. The van der Waals surface area contributed by atoms with Crippen molar-refractivity contribution in [1.29, 1.82) is 0 Å². The molecule has 0 aromatic heterocycles. The van der Waals surface area contributed by atoms with Gasteiger partial charge in [0.2, 0.25) is 0 Å². The van der Waals surface area contributed by atoms with Gasteiger partial charge in [-0.1, -0.05) is 57.6 Å². The Balaban J connectivity index is 0.00000150. The summed E-state index contributed by atoms with van der Waals surface area (Å²) >= 11 is 1.40.